The van der Waals surface area contributed by atoms with E-state index in [-0.39, 0.29) is 0 Å². The van der Waals surface area contributed by atoms with Crippen LogP contribution in [-0.4, -0.2) is 22.5 Å². The first kappa shape index (κ1) is 7.72. The van der Waals surface area contributed by atoms with Crippen LogP contribution in [-0.2, 0) is 0 Å². The minimum atomic E-state index is 0.679. The lowest BCUT2D eigenvalue weighted by Gasteiger charge is -2.00. The van der Waals surface area contributed by atoms with Crippen LogP contribution in [0.2, 0.25) is 0 Å². The van der Waals surface area contributed by atoms with Crippen molar-refractivity contribution in [2.24, 2.45) is 0 Å². The summed E-state index contributed by atoms with van der Waals surface area (Å²) < 4.78 is 0.830. The third kappa shape index (κ3) is 1.77. The van der Waals surface area contributed by atoms with Gasteiger partial charge in [-0.05, 0) is 12.1 Å². The molecule has 0 unspecified atom stereocenters. The van der Waals surface area contributed by atoms with Crippen molar-refractivity contribution in [3.05, 3.63) is 35.3 Å². The lowest BCUT2D eigenvalue weighted by Crippen LogP contribution is -2.08. The van der Waals surface area contributed by atoms with Gasteiger partial charge in [-0.2, -0.15) is 0 Å². The predicted molar refractivity (Wildman–Crippen MR) is 43.6 cm³/mol. The Morgan fingerprint density at radius 2 is 2.36 bits per heavy atom. The maximum absolute atomic E-state index is 10.8. The summed E-state index contributed by atoms with van der Waals surface area (Å²) in [5, 5.41) is 10.8. The van der Waals surface area contributed by atoms with Crippen LogP contribution in [0.25, 0.3) is 0 Å². The molecule has 0 bridgehead atoms. The summed E-state index contributed by atoms with van der Waals surface area (Å²) >= 11 is 0. The fourth-order valence-electron chi connectivity index (χ4n) is 0.759. The highest BCUT2D eigenvalue weighted by atomic mass is 16.5. The van der Waals surface area contributed by atoms with Gasteiger partial charge >= 0.3 is 0 Å². The third-order valence-electron chi connectivity index (χ3n) is 1.55. The molecular formula is C8H10N2O. The molecule has 0 saturated heterocycles. The summed E-state index contributed by atoms with van der Waals surface area (Å²) in [7, 11) is 1.47. The maximum Gasteiger partial charge on any atom is 0.192 e. The Labute approximate surface area is 65.6 Å². The molecule has 0 atom stereocenters. The summed E-state index contributed by atoms with van der Waals surface area (Å²) in [5.74, 6) is 0. The minimum Gasteiger partial charge on any atom is -0.624 e. The molecule has 0 fully saturated rings. The Morgan fingerprint density at radius 1 is 1.64 bits per heavy atom. The molecule has 0 saturated carbocycles. The van der Waals surface area contributed by atoms with E-state index in [1.54, 1.807) is 19.3 Å². The second-order valence-electron chi connectivity index (χ2n) is 2.32. The standard InChI is InChI=1S/C8H10N2O/c1-7(10(2)11)8-4-3-5-9-6-8/h3-6H,1-2H3/b10-7+. The van der Waals surface area contributed by atoms with Crippen LogP contribution in [0, 0.1) is 5.21 Å². The van der Waals surface area contributed by atoms with E-state index in [0.29, 0.717) is 5.71 Å². The van der Waals surface area contributed by atoms with E-state index in [2.05, 4.69) is 4.98 Å². The highest BCUT2D eigenvalue weighted by molar-refractivity contribution is 5.94. The SMILES string of the molecule is C/C(c1cccnc1)=[N+](/C)[O-]. The molecule has 1 aromatic rings. The van der Waals surface area contributed by atoms with Gasteiger partial charge in [0.2, 0.25) is 0 Å². The van der Waals surface area contributed by atoms with Gasteiger partial charge in [0.1, 0.15) is 7.05 Å². The summed E-state index contributed by atoms with van der Waals surface area (Å²) in [6, 6.07) is 3.67. The molecule has 1 aromatic heterocycles. The molecule has 3 nitrogen and oxygen atoms in total. The third-order valence-corrected chi connectivity index (χ3v) is 1.55. The normalized spacial score (nSPS) is 12.5. The van der Waals surface area contributed by atoms with Crippen LogP contribution in [0.1, 0.15) is 12.5 Å². The zero-order valence-electron chi connectivity index (χ0n) is 6.61. The molecule has 0 aliphatic rings. The molecule has 0 N–H and O–H groups in total. The van der Waals surface area contributed by atoms with Crippen LogP contribution in [0.4, 0.5) is 0 Å². The van der Waals surface area contributed by atoms with Crippen LogP contribution in [0.15, 0.2) is 24.5 Å². The van der Waals surface area contributed by atoms with Gasteiger partial charge in [-0.15, -0.1) is 0 Å². The molecule has 0 aliphatic carbocycles. The van der Waals surface area contributed by atoms with Gasteiger partial charge in [0, 0.05) is 19.3 Å². The van der Waals surface area contributed by atoms with Gasteiger partial charge in [0.25, 0.3) is 0 Å². The first-order valence-corrected chi connectivity index (χ1v) is 3.36. The second-order valence-corrected chi connectivity index (χ2v) is 2.32. The number of pyridine rings is 1. The smallest absolute Gasteiger partial charge is 0.192 e. The van der Waals surface area contributed by atoms with E-state index >= 15 is 0 Å². The van der Waals surface area contributed by atoms with Crippen molar-refractivity contribution in [2.75, 3.05) is 7.05 Å². The van der Waals surface area contributed by atoms with E-state index in [1.807, 2.05) is 12.1 Å². The van der Waals surface area contributed by atoms with E-state index in [0.717, 1.165) is 10.3 Å². The molecule has 3 heteroatoms. The lowest BCUT2D eigenvalue weighted by molar-refractivity contribution is -0.422. The van der Waals surface area contributed by atoms with Gasteiger partial charge in [-0.25, -0.2) is 4.74 Å². The number of rotatable bonds is 1. The second kappa shape index (κ2) is 3.14. The van der Waals surface area contributed by atoms with Crippen molar-refractivity contribution < 1.29 is 4.74 Å². The molecule has 0 radical (unpaired) electrons. The van der Waals surface area contributed by atoms with E-state index in [1.165, 1.54) is 7.05 Å². The van der Waals surface area contributed by atoms with Crippen LogP contribution < -0.4 is 0 Å². The zero-order valence-corrected chi connectivity index (χ0v) is 6.61. The topological polar surface area (TPSA) is 39.0 Å². The number of nitrogens with zero attached hydrogens (tertiary/aromatic N) is 2. The Morgan fingerprint density at radius 3 is 2.82 bits per heavy atom. The first-order valence-electron chi connectivity index (χ1n) is 3.36. The Kier molecular flexibility index (Phi) is 2.21. The van der Waals surface area contributed by atoms with Crippen LogP contribution >= 0.6 is 0 Å². The van der Waals surface area contributed by atoms with Crippen molar-refractivity contribution in [1.82, 2.24) is 4.98 Å². The van der Waals surface area contributed by atoms with Crippen molar-refractivity contribution in [2.45, 2.75) is 6.92 Å². The fraction of sp³-hybridized carbons (Fsp3) is 0.250. The summed E-state index contributed by atoms with van der Waals surface area (Å²) in [4.78, 5) is 3.90. The number of hydroxylamine groups is 1. The molecule has 1 rings (SSSR count). The molecule has 0 aromatic carbocycles. The predicted octanol–water partition coefficient (Wildman–Crippen LogP) is 1.03. The number of hydrogen-bond donors (Lipinski definition) is 0. The van der Waals surface area contributed by atoms with Gasteiger partial charge in [-0.1, -0.05) is 0 Å². The van der Waals surface area contributed by atoms with Gasteiger partial charge < -0.3 is 5.21 Å². The van der Waals surface area contributed by atoms with E-state index in [4.69, 9.17) is 0 Å². The highest BCUT2D eigenvalue weighted by Gasteiger charge is 2.01. The molecule has 58 valence electrons. The number of aromatic nitrogens is 1. The number of hydrogen-bond acceptors (Lipinski definition) is 2. The molecule has 0 amide bonds. The van der Waals surface area contributed by atoms with E-state index < -0.39 is 0 Å². The van der Waals surface area contributed by atoms with Gasteiger partial charge in [0.05, 0.1) is 5.56 Å². The van der Waals surface area contributed by atoms with Crippen molar-refractivity contribution in [1.29, 1.82) is 0 Å². The average Bonchev–Trinajstić information content (AvgIpc) is 2.05. The maximum atomic E-state index is 10.8. The quantitative estimate of drug-likeness (QED) is 0.259. The van der Waals surface area contributed by atoms with Crippen molar-refractivity contribution >= 4 is 5.71 Å². The van der Waals surface area contributed by atoms with Crippen LogP contribution in [0.5, 0.6) is 0 Å². The fourth-order valence-corrected chi connectivity index (χ4v) is 0.759. The molecule has 0 spiro atoms. The Hall–Kier alpha value is -1.38. The molecular weight excluding hydrogens is 140 g/mol. The molecule has 1 heterocycles. The molecule has 11 heavy (non-hydrogen) atoms. The summed E-state index contributed by atoms with van der Waals surface area (Å²) in [5.41, 5.74) is 1.54. The lowest BCUT2D eigenvalue weighted by atomic mass is 10.2. The monoisotopic (exact) mass is 150 g/mol. The van der Waals surface area contributed by atoms with Crippen molar-refractivity contribution in [3.8, 4) is 0 Å². The Balaban J connectivity index is 3.04. The summed E-state index contributed by atoms with van der Waals surface area (Å²) in [6.07, 6.45) is 3.35. The summed E-state index contributed by atoms with van der Waals surface area (Å²) in [6.45, 7) is 1.77. The van der Waals surface area contributed by atoms with Gasteiger partial charge in [-0.3, -0.25) is 4.98 Å². The van der Waals surface area contributed by atoms with E-state index in [9.17, 15) is 5.21 Å². The average molecular weight is 150 g/mol. The largest absolute Gasteiger partial charge is 0.624 e. The zero-order chi connectivity index (χ0) is 8.27. The van der Waals surface area contributed by atoms with Crippen molar-refractivity contribution in [3.63, 3.8) is 0 Å². The Bertz CT molecular complexity index is 263. The first-order chi connectivity index (χ1) is 5.22. The highest BCUT2D eigenvalue weighted by Crippen LogP contribution is 1.96. The van der Waals surface area contributed by atoms with Crippen LogP contribution in [0.3, 0.4) is 0 Å². The molecule has 0 aliphatic heterocycles. The minimum absolute atomic E-state index is 0.679. The van der Waals surface area contributed by atoms with Gasteiger partial charge in [0.15, 0.2) is 5.71 Å².